The molecule has 6 nitrogen and oxygen atoms in total. The summed E-state index contributed by atoms with van der Waals surface area (Å²) in [5, 5.41) is 4.29. The van der Waals surface area contributed by atoms with Gasteiger partial charge in [0.15, 0.2) is 0 Å². The van der Waals surface area contributed by atoms with Crippen molar-refractivity contribution in [2.45, 2.75) is 26.1 Å². The van der Waals surface area contributed by atoms with Crippen molar-refractivity contribution >= 4 is 5.95 Å². The first-order valence-electron chi connectivity index (χ1n) is 8.07. The summed E-state index contributed by atoms with van der Waals surface area (Å²) in [5.41, 5.74) is 5.71. The highest BCUT2D eigenvalue weighted by atomic mass is 19.4. The molecule has 3 aromatic rings. The van der Waals surface area contributed by atoms with Gasteiger partial charge in [-0.3, -0.25) is 4.79 Å². The molecule has 3 rings (SSSR count). The Kier molecular flexibility index (Phi) is 4.69. The van der Waals surface area contributed by atoms with E-state index >= 15 is 0 Å². The summed E-state index contributed by atoms with van der Waals surface area (Å²) in [4.78, 5) is 20.0. The van der Waals surface area contributed by atoms with Crippen molar-refractivity contribution in [3.05, 3.63) is 58.5 Å². The molecule has 0 spiro atoms. The van der Waals surface area contributed by atoms with Crippen molar-refractivity contribution in [1.82, 2.24) is 19.7 Å². The number of nitrogens with two attached hydrogens (primary N) is 1. The van der Waals surface area contributed by atoms with Crippen LogP contribution in [-0.2, 0) is 6.18 Å². The zero-order chi connectivity index (χ0) is 19.8. The lowest BCUT2D eigenvalue weighted by atomic mass is 10.0. The van der Waals surface area contributed by atoms with Crippen molar-refractivity contribution in [3.63, 3.8) is 0 Å². The fourth-order valence-electron chi connectivity index (χ4n) is 2.58. The number of nitrogens with zero attached hydrogens (tertiary/aromatic N) is 4. The number of halogens is 3. The van der Waals surface area contributed by atoms with Crippen LogP contribution in [0.4, 0.5) is 19.1 Å². The van der Waals surface area contributed by atoms with Crippen LogP contribution in [0, 0.1) is 0 Å². The lowest BCUT2D eigenvalue weighted by Gasteiger charge is -2.13. The molecule has 2 heterocycles. The second-order valence-electron chi connectivity index (χ2n) is 6.16. The molecule has 0 aliphatic rings. The molecule has 0 aliphatic carbocycles. The van der Waals surface area contributed by atoms with Crippen LogP contribution in [0.25, 0.3) is 22.5 Å². The number of hydrogen-bond acceptors (Lipinski definition) is 5. The summed E-state index contributed by atoms with van der Waals surface area (Å²) in [7, 11) is 0. The van der Waals surface area contributed by atoms with Crippen molar-refractivity contribution in [2.75, 3.05) is 5.73 Å². The second kappa shape index (κ2) is 6.82. The highest BCUT2D eigenvalue weighted by Gasteiger charge is 2.30. The van der Waals surface area contributed by atoms with Crippen LogP contribution in [0.5, 0.6) is 0 Å². The van der Waals surface area contributed by atoms with Crippen molar-refractivity contribution in [2.24, 2.45) is 0 Å². The lowest BCUT2D eigenvalue weighted by molar-refractivity contribution is -0.137. The van der Waals surface area contributed by atoms with Crippen LogP contribution in [0.3, 0.4) is 0 Å². The first-order valence-corrected chi connectivity index (χ1v) is 8.07. The molecule has 1 aromatic carbocycles. The third kappa shape index (κ3) is 3.81. The van der Waals surface area contributed by atoms with Gasteiger partial charge in [0.05, 0.1) is 23.0 Å². The van der Waals surface area contributed by atoms with E-state index < -0.39 is 11.7 Å². The highest BCUT2D eigenvalue weighted by Crippen LogP contribution is 2.34. The number of hydrogen-bond donors (Lipinski definition) is 1. The van der Waals surface area contributed by atoms with Crippen LogP contribution in [0.2, 0.25) is 0 Å². The Morgan fingerprint density at radius 1 is 1.15 bits per heavy atom. The van der Waals surface area contributed by atoms with Crippen LogP contribution < -0.4 is 11.3 Å². The molecule has 2 aromatic heterocycles. The van der Waals surface area contributed by atoms with E-state index in [1.165, 1.54) is 35.1 Å². The molecule has 0 aliphatic heterocycles. The minimum absolute atomic E-state index is 0.0802. The monoisotopic (exact) mass is 375 g/mol. The molecule has 0 radical (unpaired) electrons. The number of nitrogen functional groups attached to an aromatic ring is 1. The molecule has 2 N–H and O–H groups in total. The Morgan fingerprint density at radius 3 is 2.56 bits per heavy atom. The van der Waals surface area contributed by atoms with Gasteiger partial charge in [-0.15, -0.1) is 0 Å². The first kappa shape index (κ1) is 18.6. The molecule has 0 saturated heterocycles. The quantitative estimate of drug-likeness (QED) is 0.757. The molecule has 9 heteroatoms. The maximum absolute atomic E-state index is 13.1. The standard InChI is InChI=1S/C18H16F3N5O/c1-10(2)26-15(27)7-6-14(25-26)13-9-23-17(22)24-16(13)11-4-3-5-12(8-11)18(19,20)21/h3-10H,1-2H3,(H2,22,23,24). The van der Waals surface area contributed by atoms with Gasteiger partial charge in [-0.1, -0.05) is 12.1 Å². The Labute approximate surface area is 152 Å². The van der Waals surface area contributed by atoms with Crippen LogP contribution in [0.15, 0.2) is 47.4 Å². The van der Waals surface area contributed by atoms with Gasteiger partial charge in [0.1, 0.15) is 0 Å². The topological polar surface area (TPSA) is 86.7 Å². The summed E-state index contributed by atoms with van der Waals surface area (Å²) < 4.78 is 40.5. The van der Waals surface area contributed by atoms with E-state index in [1.807, 2.05) is 0 Å². The zero-order valence-corrected chi connectivity index (χ0v) is 14.5. The summed E-state index contributed by atoms with van der Waals surface area (Å²) in [6, 6.07) is 7.39. The van der Waals surface area contributed by atoms with Gasteiger partial charge in [0, 0.05) is 23.4 Å². The third-order valence-corrected chi connectivity index (χ3v) is 3.86. The number of aromatic nitrogens is 4. The Bertz CT molecular complexity index is 1040. The fourth-order valence-corrected chi connectivity index (χ4v) is 2.58. The smallest absolute Gasteiger partial charge is 0.368 e. The second-order valence-corrected chi connectivity index (χ2v) is 6.16. The van der Waals surface area contributed by atoms with E-state index in [4.69, 9.17) is 5.73 Å². The molecule has 0 amide bonds. The Morgan fingerprint density at radius 2 is 1.89 bits per heavy atom. The zero-order valence-electron chi connectivity index (χ0n) is 14.5. The predicted molar refractivity (Wildman–Crippen MR) is 94.8 cm³/mol. The Hall–Kier alpha value is -3.23. The van der Waals surface area contributed by atoms with Gasteiger partial charge in [0.25, 0.3) is 5.56 Å². The normalized spacial score (nSPS) is 11.8. The molecule has 0 bridgehead atoms. The largest absolute Gasteiger partial charge is 0.416 e. The van der Waals surface area contributed by atoms with Crippen LogP contribution >= 0.6 is 0 Å². The highest BCUT2D eigenvalue weighted by molar-refractivity contribution is 5.79. The summed E-state index contributed by atoms with van der Waals surface area (Å²) in [6.45, 7) is 3.59. The summed E-state index contributed by atoms with van der Waals surface area (Å²) >= 11 is 0. The van der Waals surface area contributed by atoms with Crippen molar-refractivity contribution < 1.29 is 13.2 Å². The average molecular weight is 375 g/mol. The molecule has 0 unspecified atom stereocenters. The third-order valence-electron chi connectivity index (χ3n) is 3.86. The molecule has 0 saturated carbocycles. The molecule has 140 valence electrons. The lowest BCUT2D eigenvalue weighted by Crippen LogP contribution is -2.24. The molecule has 0 fully saturated rings. The molecular formula is C18H16F3N5O. The van der Waals surface area contributed by atoms with Crippen LogP contribution in [0.1, 0.15) is 25.5 Å². The van der Waals surface area contributed by atoms with E-state index in [0.717, 1.165) is 12.1 Å². The maximum atomic E-state index is 13.1. The summed E-state index contributed by atoms with van der Waals surface area (Å²) in [5.74, 6) is -0.0802. The first-order chi connectivity index (χ1) is 12.7. The van der Waals surface area contributed by atoms with Gasteiger partial charge in [-0.25, -0.2) is 14.6 Å². The van der Waals surface area contributed by atoms with Crippen LogP contribution in [-0.4, -0.2) is 19.7 Å². The minimum atomic E-state index is -4.49. The van der Waals surface area contributed by atoms with Crippen molar-refractivity contribution in [1.29, 1.82) is 0 Å². The number of alkyl halides is 3. The molecule has 0 atom stereocenters. The average Bonchev–Trinajstić information content (AvgIpc) is 2.61. The van der Waals surface area contributed by atoms with Crippen molar-refractivity contribution in [3.8, 4) is 22.5 Å². The van der Waals surface area contributed by atoms with Gasteiger partial charge in [-0.05, 0) is 32.0 Å². The minimum Gasteiger partial charge on any atom is -0.368 e. The number of benzene rings is 1. The van der Waals surface area contributed by atoms with E-state index in [2.05, 4.69) is 15.1 Å². The maximum Gasteiger partial charge on any atom is 0.416 e. The summed E-state index contributed by atoms with van der Waals surface area (Å²) in [6.07, 6.45) is -3.10. The van der Waals surface area contributed by atoms with Gasteiger partial charge in [0.2, 0.25) is 5.95 Å². The van der Waals surface area contributed by atoms with E-state index in [0.29, 0.717) is 11.3 Å². The molecular weight excluding hydrogens is 359 g/mol. The fraction of sp³-hybridized carbons (Fsp3) is 0.222. The van der Waals surface area contributed by atoms with E-state index in [1.54, 1.807) is 13.8 Å². The van der Waals surface area contributed by atoms with Gasteiger partial charge >= 0.3 is 6.18 Å². The van der Waals surface area contributed by atoms with E-state index in [-0.39, 0.29) is 28.8 Å². The predicted octanol–water partition coefficient (Wildman–Crippen LogP) is 3.55. The van der Waals surface area contributed by atoms with Gasteiger partial charge < -0.3 is 5.73 Å². The van der Waals surface area contributed by atoms with E-state index in [9.17, 15) is 18.0 Å². The number of rotatable bonds is 3. The number of anilines is 1. The van der Waals surface area contributed by atoms with Gasteiger partial charge in [-0.2, -0.15) is 18.3 Å². The SMILES string of the molecule is CC(C)n1nc(-c2cnc(N)nc2-c2cccc(C(F)(F)F)c2)ccc1=O. The Balaban J connectivity index is 2.21. The molecule has 27 heavy (non-hydrogen) atoms.